The summed E-state index contributed by atoms with van der Waals surface area (Å²) in [6, 6.07) is 13.7. The highest BCUT2D eigenvalue weighted by molar-refractivity contribution is 7.86. The van der Waals surface area contributed by atoms with Gasteiger partial charge in [0, 0.05) is 48.6 Å². The maximum absolute atomic E-state index is 14.6. The Bertz CT molecular complexity index is 1900. The van der Waals surface area contributed by atoms with Gasteiger partial charge in [-0.1, -0.05) is 42.5 Å². The van der Waals surface area contributed by atoms with Crippen LogP contribution in [-0.2, 0) is 46.3 Å². The Hall–Kier alpha value is -3.78. The molecule has 8 rings (SSSR count). The second kappa shape index (κ2) is 10.6. The highest BCUT2D eigenvalue weighted by atomic mass is 32.2. The van der Waals surface area contributed by atoms with Gasteiger partial charge in [0.15, 0.2) is 0 Å². The molecule has 1 aromatic heterocycles. The van der Waals surface area contributed by atoms with Gasteiger partial charge in [0.1, 0.15) is 12.1 Å². The number of aromatic amines is 1. The van der Waals surface area contributed by atoms with E-state index in [0.29, 0.717) is 32.4 Å². The molecule has 13 heteroatoms. The monoisotopic (exact) mass is 661 g/mol. The standard InChI is InChI=1S/C34H39N5O7S/c1-33(36-30(40)22-16-24-23-11-7-12-25-29(23)21(18-35-25)17-26(24)37(2)19-22)32(42)39-27(15-20-9-5-4-6-10-20)31(41)38-14-8-13-28(38)34(39,45-33)46-47(3,43)44/h4-7,9-12,18,22,24,26-28,35H,8,13-17,19H2,1-3H3,(H,36,40)/t22-,24?,26+,27+,28+,33-,34-/m1/s1. The van der Waals surface area contributed by atoms with Crippen LogP contribution >= 0.6 is 0 Å². The fourth-order valence-electron chi connectivity index (χ4n) is 8.95. The number of aromatic nitrogens is 1. The first kappa shape index (κ1) is 30.5. The quantitative estimate of drug-likeness (QED) is 0.383. The molecule has 3 amide bonds. The lowest BCUT2D eigenvalue weighted by atomic mass is 9.72. The van der Waals surface area contributed by atoms with Crippen LogP contribution in [0.1, 0.15) is 48.8 Å². The average molecular weight is 662 g/mol. The molecular formula is C34H39N5O7S. The van der Waals surface area contributed by atoms with Crippen molar-refractivity contribution in [3.63, 3.8) is 0 Å². The summed E-state index contributed by atoms with van der Waals surface area (Å²) in [4.78, 5) is 51.1. The van der Waals surface area contributed by atoms with Crippen molar-refractivity contribution >= 4 is 38.7 Å². The molecule has 1 aliphatic carbocycles. The summed E-state index contributed by atoms with van der Waals surface area (Å²) in [6.45, 7) is 2.29. The lowest BCUT2D eigenvalue weighted by molar-refractivity contribution is -0.297. The molecule has 47 heavy (non-hydrogen) atoms. The smallest absolute Gasteiger partial charge is 0.294 e. The lowest BCUT2D eigenvalue weighted by Gasteiger charge is -2.50. The van der Waals surface area contributed by atoms with E-state index in [0.717, 1.165) is 28.7 Å². The van der Waals surface area contributed by atoms with Crippen molar-refractivity contribution in [3.05, 3.63) is 71.4 Å². The molecule has 7 atom stereocenters. The molecule has 248 valence electrons. The van der Waals surface area contributed by atoms with Gasteiger partial charge in [-0.05, 0) is 62.4 Å². The van der Waals surface area contributed by atoms with Crippen LogP contribution in [0.25, 0.3) is 10.9 Å². The van der Waals surface area contributed by atoms with Crippen LogP contribution in [0.15, 0.2) is 54.7 Å². The Labute approximate surface area is 273 Å². The van der Waals surface area contributed by atoms with Gasteiger partial charge < -0.3 is 20.1 Å². The molecule has 0 bridgehead atoms. The number of likely N-dealkylation sites (N-methyl/N-ethyl adjacent to an activating group) is 1. The number of hydrogen-bond donors (Lipinski definition) is 2. The summed E-state index contributed by atoms with van der Waals surface area (Å²) in [5.41, 5.74) is 2.37. The second-order valence-electron chi connectivity index (χ2n) is 13.9. The predicted molar refractivity (Wildman–Crippen MR) is 171 cm³/mol. The number of nitrogens with zero attached hydrogens (tertiary/aromatic N) is 3. The number of carbonyl (C=O) groups excluding carboxylic acids is 3. The molecule has 12 nitrogen and oxygen atoms in total. The molecular weight excluding hydrogens is 622 g/mol. The number of rotatable bonds is 6. The van der Waals surface area contributed by atoms with Crippen molar-refractivity contribution in [3.8, 4) is 0 Å². The number of amides is 3. The van der Waals surface area contributed by atoms with Gasteiger partial charge in [0.05, 0.1) is 12.2 Å². The van der Waals surface area contributed by atoms with Crippen molar-refractivity contribution in [1.29, 1.82) is 0 Å². The van der Waals surface area contributed by atoms with E-state index < -0.39 is 45.7 Å². The lowest BCUT2D eigenvalue weighted by Crippen LogP contribution is -2.72. The fraction of sp³-hybridized carbons (Fsp3) is 0.500. The van der Waals surface area contributed by atoms with Crippen LogP contribution in [0.4, 0.5) is 0 Å². The molecule has 5 aliphatic rings. The Balaban J connectivity index is 1.13. The van der Waals surface area contributed by atoms with Crippen LogP contribution < -0.4 is 5.32 Å². The first-order chi connectivity index (χ1) is 22.4. The number of piperidine rings is 1. The van der Waals surface area contributed by atoms with Crippen molar-refractivity contribution in [2.45, 2.75) is 74.7 Å². The minimum Gasteiger partial charge on any atom is -0.361 e. The van der Waals surface area contributed by atoms with Crippen LogP contribution in [0.5, 0.6) is 0 Å². The van der Waals surface area contributed by atoms with E-state index >= 15 is 0 Å². The highest BCUT2D eigenvalue weighted by Crippen LogP contribution is 2.49. The summed E-state index contributed by atoms with van der Waals surface area (Å²) in [5, 5.41) is 4.10. The molecule has 0 radical (unpaired) electrons. The SMILES string of the molecule is CN1C[C@H](C(=O)N[C@]2(C)O[C@@]3(OS(C)(=O)=O)[C@@H]4CCCN4C(=O)[C@H](Cc4ccccc4)N3C2=O)CC2c3cccc4[nH]cc(c34)C[C@@H]21. The van der Waals surface area contributed by atoms with E-state index in [1.54, 1.807) is 4.90 Å². The fourth-order valence-corrected chi connectivity index (χ4v) is 9.61. The van der Waals surface area contributed by atoms with Crippen LogP contribution in [0.2, 0.25) is 0 Å². The minimum absolute atomic E-state index is 0.107. The van der Waals surface area contributed by atoms with E-state index in [9.17, 15) is 22.8 Å². The third-order valence-electron chi connectivity index (χ3n) is 10.9. The average Bonchev–Trinajstić information content (AvgIpc) is 3.73. The van der Waals surface area contributed by atoms with Crippen LogP contribution in [0, 0.1) is 5.92 Å². The van der Waals surface area contributed by atoms with E-state index in [-0.39, 0.29) is 30.2 Å². The molecule has 4 saturated heterocycles. The van der Waals surface area contributed by atoms with Gasteiger partial charge in [-0.25, -0.2) is 4.18 Å². The number of H-pyrrole nitrogens is 1. The van der Waals surface area contributed by atoms with Crippen molar-refractivity contribution in [2.24, 2.45) is 5.92 Å². The van der Waals surface area contributed by atoms with Gasteiger partial charge in [0.25, 0.3) is 21.9 Å². The topological polar surface area (TPSA) is 141 Å². The maximum atomic E-state index is 14.6. The first-order valence-electron chi connectivity index (χ1n) is 16.3. The number of carbonyl (C=O) groups is 3. The Morgan fingerprint density at radius 2 is 1.94 bits per heavy atom. The van der Waals surface area contributed by atoms with Crippen LogP contribution in [-0.4, -0.2) is 102 Å². The summed E-state index contributed by atoms with van der Waals surface area (Å²) >= 11 is 0. The van der Waals surface area contributed by atoms with E-state index in [1.165, 1.54) is 23.4 Å². The summed E-state index contributed by atoms with van der Waals surface area (Å²) in [6.07, 6.45) is 5.51. The normalized spacial score (nSPS) is 33.6. The van der Waals surface area contributed by atoms with Crippen LogP contribution in [0.3, 0.4) is 0 Å². The predicted octanol–water partition coefficient (Wildman–Crippen LogP) is 2.07. The molecule has 4 fully saturated rings. The number of benzene rings is 2. The highest BCUT2D eigenvalue weighted by Gasteiger charge is 2.72. The second-order valence-corrected chi connectivity index (χ2v) is 15.5. The molecule has 0 saturated carbocycles. The molecule has 3 aromatic rings. The van der Waals surface area contributed by atoms with E-state index in [4.69, 9.17) is 8.92 Å². The zero-order chi connectivity index (χ0) is 32.9. The number of fused-ring (bicyclic) bond motifs is 5. The summed E-state index contributed by atoms with van der Waals surface area (Å²) in [7, 11) is -2.17. The van der Waals surface area contributed by atoms with Gasteiger partial charge in [-0.15, -0.1) is 0 Å². The number of likely N-dealkylation sites (tertiary alicyclic amines) is 1. The molecule has 4 aliphatic heterocycles. The van der Waals surface area contributed by atoms with Gasteiger partial charge >= 0.3 is 0 Å². The Morgan fingerprint density at radius 1 is 1.15 bits per heavy atom. The Morgan fingerprint density at radius 3 is 2.70 bits per heavy atom. The third kappa shape index (κ3) is 4.73. The minimum atomic E-state index is -4.20. The zero-order valence-electron chi connectivity index (χ0n) is 26.6. The molecule has 5 heterocycles. The number of hydrogen-bond acceptors (Lipinski definition) is 8. The molecule has 2 N–H and O–H groups in total. The molecule has 0 spiro atoms. The molecule has 2 aromatic carbocycles. The number of piperazine rings is 1. The zero-order valence-corrected chi connectivity index (χ0v) is 27.5. The van der Waals surface area contributed by atoms with Crippen molar-refractivity contribution in [1.82, 2.24) is 25.0 Å². The largest absolute Gasteiger partial charge is 0.361 e. The number of nitrogens with one attached hydrogen (secondary N) is 2. The summed E-state index contributed by atoms with van der Waals surface area (Å²) < 4.78 is 37.9. The van der Waals surface area contributed by atoms with Gasteiger partial charge in [0.2, 0.25) is 17.5 Å². The van der Waals surface area contributed by atoms with Gasteiger partial charge in [-0.3, -0.25) is 24.0 Å². The van der Waals surface area contributed by atoms with Crippen molar-refractivity contribution < 1.29 is 31.7 Å². The first-order valence-corrected chi connectivity index (χ1v) is 18.1. The van der Waals surface area contributed by atoms with E-state index in [2.05, 4.69) is 33.5 Å². The third-order valence-corrected chi connectivity index (χ3v) is 11.4. The maximum Gasteiger partial charge on any atom is 0.294 e. The van der Waals surface area contributed by atoms with Gasteiger partial charge in [-0.2, -0.15) is 8.42 Å². The van der Waals surface area contributed by atoms with E-state index in [1.807, 2.05) is 43.4 Å². The number of ether oxygens (including phenoxy) is 1. The Kier molecular flexibility index (Phi) is 6.90. The summed E-state index contributed by atoms with van der Waals surface area (Å²) in [5.74, 6) is -3.88. The van der Waals surface area contributed by atoms with Crippen molar-refractivity contribution in [2.75, 3.05) is 26.4 Å². The molecule has 1 unspecified atom stereocenters.